The van der Waals surface area contributed by atoms with E-state index in [4.69, 9.17) is 9.47 Å². The molecular formula is C17H24N4O5S. The molecular weight excluding hydrogens is 372 g/mol. The van der Waals surface area contributed by atoms with Gasteiger partial charge in [-0.1, -0.05) is 0 Å². The minimum atomic E-state index is -3.80. The van der Waals surface area contributed by atoms with Gasteiger partial charge in [0.1, 0.15) is 23.0 Å². The lowest BCUT2D eigenvalue weighted by atomic mass is 10.3. The van der Waals surface area contributed by atoms with E-state index in [1.807, 2.05) is 0 Å². The van der Waals surface area contributed by atoms with E-state index in [1.165, 1.54) is 7.05 Å². The number of rotatable bonds is 9. The lowest BCUT2D eigenvalue weighted by Crippen LogP contribution is -2.39. The molecule has 27 heavy (non-hydrogen) atoms. The molecule has 0 spiro atoms. The molecule has 0 aliphatic carbocycles. The van der Waals surface area contributed by atoms with E-state index in [-0.39, 0.29) is 24.6 Å². The van der Waals surface area contributed by atoms with Gasteiger partial charge < -0.3 is 14.8 Å². The summed E-state index contributed by atoms with van der Waals surface area (Å²) >= 11 is 0. The standard InChI is InChI=1S/C17H24N4O5S/c1-12-17(13(2)20-19-12)27(23,24)21(3)11-16(22)18-9-10-26-15-7-5-14(25-4)6-8-15/h5-8H,9-11H2,1-4H3,(H,18,22)(H,19,20). The van der Waals surface area contributed by atoms with E-state index in [0.717, 1.165) is 10.1 Å². The molecule has 0 unspecified atom stereocenters. The Morgan fingerprint density at radius 3 is 2.41 bits per heavy atom. The van der Waals surface area contributed by atoms with Gasteiger partial charge in [0.15, 0.2) is 0 Å². The maximum atomic E-state index is 12.6. The number of aryl methyl sites for hydroxylation is 2. The van der Waals surface area contributed by atoms with Crippen LogP contribution in [0.3, 0.4) is 0 Å². The number of H-pyrrole nitrogens is 1. The van der Waals surface area contributed by atoms with Crippen molar-refractivity contribution in [1.82, 2.24) is 19.8 Å². The largest absolute Gasteiger partial charge is 0.497 e. The van der Waals surface area contributed by atoms with Gasteiger partial charge in [-0.2, -0.15) is 9.40 Å². The van der Waals surface area contributed by atoms with Gasteiger partial charge in [0.25, 0.3) is 0 Å². The average molecular weight is 396 g/mol. The predicted octanol–water partition coefficient (Wildman–Crippen LogP) is 0.851. The summed E-state index contributed by atoms with van der Waals surface area (Å²) in [5.41, 5.74) is 0.806. The molecule has 0 aliphatic heterocycles. The summed E-state index contributed by atoms with van der Waals surface area (Å²) < 4.78 is 36.7. The highest BCUT2D eigenvalue weighted by Crippen LogP contribution is 2.20. The van der Waals surface area contributed by atoms with E-state index in [2.05, 4.69) is 15.5 Å². The van der Waals surface area contributed by atoms with Crippen molar-refractivity contribution in [3.8, 4) is 11.5 Å². The zero-order valence-corrected chi connectivity index (χ0v) is 16.6. The quantitative estimate of drug-likeness (QED) is 0.608. The highest BCUT2D eigenvalue weighted by molar-refractivity contribution is 7.89. The Morgan fingerprint density at radius 2 is 1.85 bits per heavy atom. The van der Waals surface area contributed by atoms with Crippen molar-refractivity contribution in [2.45, 2.75) is 18.7 Å². The van der Waals surface area contributed by atoms with Crippen LogP contribution in [-0.4, -0.2) is 62.7 Å². The minimum Gasteiger partial charge on any atom is -0.497 e. The Bertz CT molecular complexity index is 858. The molecule has 0 radical (unpaired) electrons. The van der Waals surface area contributed by atoms with E-state index in [0.29, 0.717) is 17.1 Å². The number of nitrogens with one attached hydrogen (secondary N) is 2. The summed E-state index contributed by atoms with van der Waals surface area (Å²) in [5.74, 6) is 0.955. The number of carbonyl (C=O) groups is 1. The number of aromatic amines is 1. The van der Waals surface area contributed by atoms with Gasteiger partial charge >= 0.3 is 0 Å². The number of sulfonamides is 1. The molecule has 1 aromatic heterocycles. The van der Waals surface area contributed by atoms with Crippen molar-refractivity contribution in [2.75, 3.05) is 33.9 Å². The Hall–Kier alpha value is -2.59. The molecule has 148 valence electrons. The van der Waals surface area contributed by atoms with Crippen LogP contribution < -0.4 is 14.8 Å². The van der Waals surface area contributed by atoms with Crippen LogP contribution in [0.4, 0.5) is 0 Å². The Morgan fingerprint density at radius 1 is 1.22 bits per heavy atom. The molecule has 10 heteroatoms. The third kappa shape index (κ3) is 5.20. The highest BCUT2D eigenvalue weighted by Gasteiger charge is 2.28. The average Bonchev–Trinajstić information content (AvgIpc) is 2.98. The number of likely N-dealkylation sites (N-methyl/N-ethyl adjacent to an activating group) is 1. The van der Waals surface area contributed by atoms with E-state index in [1.54, 1.807) is 45.2 Å². The van der Waals surface area contributed by atoms with E-state index >= 15 is 0 Å². The van der Waals surface area contributed by atoms with Crippen molar-refractivity contribution in [3.63, 3.8) is 0 Å². The van der Waals surface area contributed by atoms with Crippen LogP contribution in [0.15, 0.2) is 29.2 Å². The second-order valence-corrected chi connectivity index (χ2v) is 7.88. The number of hydrogen-bond acceptors (Lipinski definition) is 6. The van der Waals surface area contributed by atoms with Crippen LogP contribution in [0.25, 0.3) is 0 Å². The maximum absolute atomic E-state index is 12.6. The van der Waals surface area contributed by atoms with Crippen molar-refractivity contribution < 1.29 is 22.7 Å². The van der Waals surface area contributed by atoms with Crippen LogP contribution in [0, 0.1) is 13.8 Å². The van der Waals surface area contributed by atoms with Crippen LogP contribution in [-0.2, 0) is 14.8 Å². The fraction of sp³-hybridized carbons (Fsp3) is 0.412. The number of amides is 1. The number of carbonyl (C=O) groups excluding carboxylic acids is 1. The molecule has 2 rings (SSSR count). The molecule has 2 N–H and O–H groups in total. The van der Waals surface area contributed by atoms with Gasteiger partial charge in [0.2, 0.25) is 15.9 Å². The molecule has 0 saturated carbocycles. The first-order valence-corrected chi connectivity index (χ1v) is 9.71. The van der Waals surface area contributed by atoms with Crippen molar-refractivity contribution in [3.05, 3.63) is 35.7 Å². The van der Waals surface area contributed by atoms with Crippen LogP contribution in [0.5, 0.6) is 11.5 Å². The van der Waals surface area contributed by atoms with Crippen molar-refractivity contribution >= 4 is 15.9 Å². The molecule has 1 heterocycles. The maximum Gasteiger partial charge on any atom is 0.246 e. The molecule has 9 nitrogen and oxygen atoms in total. The Labute approximate surface area is 158 Å². The second kappa shape index (κ2) is 8.87. The van der Waals surface area contributed by atoms with Gasteiger partial charge in [-0.3, -0.25) is 9.89 Å². The zero-order valence-electron chi connectivity index (χ0n) is 15.8. The minimum absolute atomic E-state index is 0.0978. The molecule has 0 atom stereocenters. The number of benzene rings is 1. The fourth-order valence-electron chi connectivity index (χ4n) is 2.45. The highest BCUT2D eigenvalue weighted by atomic mass is 32.2. The third-order valence-electron chi connectivity index (χ3n) is 3.85. The smallest absolute Gasteiger partial charge is 0.246 e. The zero-order chi connectivity index (χ0) is 20.0. The van der Waals surface area contributed by atoms with E-state index in [9.17, 15) is 13.2 Å². The number of nitrogens with zero attached hydrogens (tertiary/aromatic N) is 2. The number of aromatic nitrogens is 2. The first kappa shape index (κ1) is 20.7. The lowest BCUT2D eigenvalue weighted by molar-refractivity contribution is -0.121. The normalized spacial score (nSPS) is 11.4. The molecule has 0 aliphatic rings. The van der Waals surface area contributed by atoms with Gasteiger partial charge in [0.05, 0.1) is 31.6 Å². The summed E-state index contributed by atoms with van der Waals surface area (Å²) in [4.78, 5) is 12.1. The van der Waals surface area contributed by atoms with Crippen LogP contribution in [0.1, 0.15) is 11.4 Å². The molecule has 2 aromatic rings. The molecule has 0 bridgehead atoms. The Balaban J connectivity index is 1.81. The van der Waals surface area contributed by atoms with Crippen LogP contribution in [0.2, 0.25) is 0 Å². The number of methoxy groups -OCH3 is 1. The summed E-state index contributed by atoms with van der Waals surface area (Å²) in [6.45, 7) is 3.43. The first-order valence-electron chi connectivity index (χ1n) is 8.27. The van der Waals surface area contributed by atoms with Gasteiger partial charge in [-0.25, -0.2) is 8.42 Å². The fourth-order valence-corrected chi connectivity index (χ4v) is 3.90. The summed E-state index contributed by atoms with van der Waals surface area (Å²) in [6.07, 6.45) is 0. The van der Waals surface area contributed by atoms with Gasteiger partial charge in [-0.05, 0) is 38.1 Å². The second-order valence-electron chi connectivity index (χ2n) is 5.90. The summed E-state index contributed by atoms with van der Waals surface area (Å²) in [5, 5.41) is 9.16. The molecule has 0 fully saturated rings. The Kier molecular flexibility index (Phi) is 6.81. The molecule has 1 aromatic carbocycles. The monoisotopic (exact) mass is 396 g/mol. The van der Waals surface area contributed by atoms with Crippen molar-refractivity contribution in [1.29, 1.82) is 0 Å². The summed E-state index contributed by atoms with van der Waals surface area (Å²) in [6, 6.07) is 7.06. The first-order chi connectivity index (χ1) is 12.8. The van der Waals surface area contributed by atoms with Gasteiger partial charge in [0, 0.05) is 7.05 Å². The predicted molar refractivity (Wildman–Crippen MR) is 99.4 cm³/mol. The molecule has 0 saturated heterocycles. The van der Waals surface area contributed by atoms with Crippen molar-refractivity contribution in [2.24, 2.45) is 0 Å². The number of hydrogen-bond donors (Lipinski definition) is 2. The SMILES string of the molecule is COc1ccc(OCCNC(=O)CN(C)S(=O)(=O)c2c(C)n[nH]c2C)cc1. The topological polar surface area (TPSA) is 114 Å². The third-order valence-corrected chi connectivity index (χ3v) is 5.91. The van der Waals surface area contributed by atoms with E-state index < -0.39 is 15.9 Å². The van der Waals surface area contributed by atoms with Crippen LogP contribution >= 0.6 is 0 Å². The van der Waals surface area contributed by atoms with Gasteiger partial charge in [-0.15, -0.1) is 0 Å². The lowest BCUT2D eigenvalue weighted by Gasteiger charge is -2.17. The summed E-state index contributed by atoms with van der Waals surface area (Å²) in [7, 11) is -0.860. The molecule has 1 amide bonds. The number of ether oxygens (including phenoxy) is 2.